The zero-order valence-electron chi connectivity index (χ0n) is 13.3. The van der Waals surface area contributed by atoms with Gasteiger partial charge < -0.3 is 10.1 Å². The fraction of sp³-hybridized carbons (Fsp3) is 0.176. The van der Waals surface area contributed by atoms with Crippen LogP contribution in [0.1, 0.15) is 17.3 Å². The highest BCUT2D eigenvalue weighted by Gasteiger charge is 2.17. The molecule has 2 aromatic rings. The number of halogens is 2. The Hall–Kier alpha value is -2.25. The van der Waals surface area contributed by atoms with Crippen LogP contribution in [-0.4, -0.2) is 28.4 Å². The standard InChI is InChI=1S/C17H15ClFNO4S/c1-2-25(23)15-6-4-3-5-12(15)17(22)24-10-16(21)20-14-8-7-11(18)9-13(14)19/h3-9H,2,10H2,1H3,(H,20,21)/t25-/m0/s1. The van der Waals surface area contributed by atoms with E-state index in [0.29, 0.717) is 10.6 Å². The van der Waals surface area contributed by atoms with Crippen molar-refractivity contribution in [3.8, 4) is 0 Å². The second kappa shape index (κ2) is 8.73. The molecule has 2 rings (SSSR count). The van der Waals surface area contributed by atoms with E-state index in [9.17, 15) is 18.2 Å². The first-order chi connectivity index (χ1) is 11.9. The van der Waals surface area contributed by atoms with Gasteiger partial charge in [-0.25, -0.2) is 9.18 Å². The summed E-state index contributed by atoms with van der Waals surface area (Å²) in [5.41, 5.74) is 0.0612. The quantitative estimate of drug-likeness (QED) is 0.776. The summed E-state index contributed by atoms with van der Waals surface area (Å²) in [6.07, 6.45) is 0. The van der Waals surface area contributed by atoms with E-state index in [2.05, 4.69) is 5.32 Å². The molecule has 1 atom stereocenters. The molecule has 25 heavy (non-hydrogen) atoms. The van der Waals surface area contributed by atoms with Gasteiger partial charge in [0.25, 0.3) is 5.91 Å². The van der Waals surface area contributed by atoms with E-state index < -0.39 is 35.1 Å². The maximum Gasteiger partial charge on any atom is 0.339 e. The van der Waals surface area contributed by atoms with Crippen LogP contribution in [0.5, 0.6) is 0 Å². The molecule has 2 aromatic carbocycles. The minimum Gasteiger partial charge on any atom is -0.452 e. The fourth-order valence-corrected chi connectivity index (χ4v) is 3.07. The third-order valence-corrected chi connectivity index (χ3v) is 4.76. The third-order valence-electron chi connectivity index (χ3n) is 3.15. The summed E-state index contributed by atoms with van der Waals surface area (Å²) in [5, 5.41) is 2.48. The number of hydrogen-bond donors (Lipinski definition) is 1. The SMILES string of the molecule is CC[S@](=O)c1ccccc1C(=O)OCC(=O)Nc1ccc(Cl)cc1F. The first-order valence-corrected chi connectivity index (χ1v) is 9.01. The van der Waals surface area contributed by atoms with Gasteiger partial charge in [-0.05, 0) is 30.3 Å². The number of nitrogens with one attached hydrogen (secondary N) is 1. The van der Waals surface area contributed by atoms with Crippen molar-refractivity contribution in [2.24, 2.45) is 0 Å². The lowest BCUT2D eigenvalue weighted by atomic mass is 10.2. The second-order valence-corrected chi connectivity index (χ2v) is 7.02. The molecule has 0 fully saturated rings. The Morgan fingerprint density at radius 2 is 1.96 bits per heavy atom. The average Bonchev–Trinajstić information content (AvgIpc) is 2.61. The van der Waals surface area contributed by atoms with Crippen LogP contribution in [0.2, 0.25) is 5.02 Å². The Labute approximate surface area is 151 Å². The highest BCUT2D eigenvalue weighted by atomic mass is 35.5. The van der Waals surface area contributed by atoms with Crippen molar-refractivity contribution in [3.05, 3.63) is 58.9 Å². The highest BCUT2D eigenvalue weighted by molar-refractivity contribution is 7.85. The highest BCUT2D eigenvalue weighted by Crippen LogP contribution is 2.19. The fourth-order valence-electron chi connectivity index (χ4n) is 1.98. The Morgan fingerprint density at radius 1 is 1.24 bits per heavy atom. The molecule has 132 valence electrons. The number of carbonyl (C=O) groups is 2. The van der Waals surface area contributed by atoms with Crippen LogP contribution >= 0.6 is 11.6 Å². The number of rotatable bonds is 6. The molecular formula is C17H15ClFNO4S. The van der Waals surface area contributed by atoms with E-state index >= 15 is 0 Å². The normalized spacial score (nSPS) is 11.6. The minimum atomic E-state index is -1.34. The maximum atomic E-state index is 13.6. The van der Waals surface area contributed by atoms with Gasteiger partial charge in [0.05, 0.1) is 26.9 Å². The van der Waals surface area contributed by atoms with Crippen molar-refractivity contribution < 1.29 is 22.9 Å². The van der Waals surface area contributed by atoms with Crippen molar-refractivity contribution >= 4 is 40.0 Å². The smallest absolute Gasteiger partial charge is 0.339 e. The van der Waals surface area contributed by atoms with Gasteiger partial charge in [-0.3, -0.25) is 9.00 Å². The topological polar surface area (TPSA) is 72.5 Å². The molecule has 0 heterocycles. The van der Waals surface area contributed by atoms with E-state index in [-0.39, 0.29) is 16.3 Å². The number of hydrogen-bond acceptors (Lipinski definition) is 4. The van der Waals surface area contributed by atoms with Crippen LogP contribution in [0.4, 0.5) is 10.1 Å². The molecule has 0 aliphatic heterocycles. The molecule has 8 heteroatoms. The average molecular weight is 384 g/mol. The van der Waals surface area contributed by atoms with Crippen molar-refractivity contribution in [2.45, 2.75) is 11.8 Å². The van der Waals surface area contributed by atoms with E-state index in [1.165, 1.54) is 18.2 Å². The predicted molar refractivity (Wildman–Crippen MR) is 93.7 cm³/mol. The van der Waals surface area contributed by atoms with Crippen LogP contribution < -0.4 is 5.32 Å². The van der Waals surface area contributed by atoms with Gasteiger partial charge >= 0.3 is 5.97 Å². The lowest BCUT2D eigenvalue weighted by molar-refractivity contribution is -0.119. The molecule has 5 nitrogen and oxygen atoms in total. The van der Waals surface area contributed by atoms with Crippen molar-refractivity contribution in [2.75, 3.05) is 17.7 Å². The van der Waals surface area contributed by atoms with E-state index in [4.69, 9.17) is 16.3 Å². The summed E-state index contributed by atoms with van der Waals surface area (Å²) in [5.74, 6) is -1.83. The molecule has 0 aliphatic rings. The molecule has 0 saturated heterocycles. The first kappa shape index (κ1) is 19.1. The minimum absolute atomic E-state index is 0.0714. The lowest BCUT2D eigenvalue weighted by Gasteiger charge is -2.09. The zero-order chi connectivity index (χ0) is 18.4. The van der Waals surface area contributed by atoms with Gasteiger partial charge in [0.2, 0.25) is 0 Å². The van der Waals surface area contributed by atoms with Crippen LogP contribution in [-0.2, 0) is 20.3 Å². The van der Waals surface area contributed by atoms with Gasteiger partial charge in [0.1, 0.15) is 5.82 Å². The number of ether oxygens (including phenoxy) is 1. The maximum absolute atomic E-state index is 13.6. The Bertz CT molecular complexity index is 828. The molecular weight excluding hydrogens is 369 g/mol. The van der Waals surface area contributed by atoms with Crippen molar-refractivity contribution in [1.29, 1.82) is 0 Å². The number of esters is 1. The summed E-state index contributed by atoms with van der Waals surface area (Å²) in [4.78, 5) is 24.3. The van der Waals surface area contributed by atoms with E-state index in [1.807, 2.05) is 0 Å². The summed E-state index contributed by atoms with van der Waals surface area (Å²) in [7, 11) is -1.34. The van der Waals surface area contributed by atoms with Crippen LogP contribution in [0.25, 0.3) is 0 Å². The molecule has 1 N–H and O–H groups in total. The van der Waals surface area contributed by atoms with Gasteiger partial charge in [-0.1, -0.05) is 30.7 Å². The number of benzene rings is 2. The number of carbonyl (C=O) groups excluding carboxylic acids is 2. The molecule has 0 bridgehead atoms. The molecule has 0 unspecified atom stereocenters. The molecule has 0 aromatic heterocycles. The molecule has 0 spiro atoms. The van der Waals surface area contributed by atoms with Crippen LogP contribution in [0.15, 0.2) is 47.4 Å². The zero-order valence-corrected chi connectivity index (χ0v) is 14.8. The van der Waals surface area contributed by atoms with Gasteiger partial charge in [0.15, 0.2) is 6.61 Å². The Kier molecular flexibility index (Phi) is 6.66. The van der Waals surface area contributed by atoms with Gasteiger partial charge in [-0.15, -0.1) is 0 Å². The lowest BCUT2D eigenvalue weighted by Crippen LogP contribution is -2.22. The summed E-state index contributed by atoms with van der Waals surface area (Å²) in [6, 6.07) is 10.1. The largest absolute Gasteiger partial charge is 0.452 e. The van der Waals surface area contributed by atoms with Gasteiger partial charge in [0, 0.05) is 10.8 Å². The van der Waals surface area contributed by atoms with Crippen LogP contribution in [0.3, 0.4) is 0 Å². The number of amides is 1. The van der Waals surface area contributed by atoms with Crippen LogP contribution in [0, 0.1) is 5.82 Å². The Morgan fingerprint density at radius 3 is 2.64 bits per heavy atom. The molecule has 0 saturated carbocycles. The Balaban J connectivity index is 2.00. The summed E-state index contributed by atoms with van der Waals surface area (Å²) >= 11 is 5.63. The van der Waals surface area contributed by atoms with E-state index in [0.717, 1.165) is 6.07 Å². The molecule has 0 aliphatic carbocycles. The predicted octanol–water partition coefficient (Wildman–Crippen LogP) is 3.40. The molecule has 1 amide bonds. The summed E-state index contributed by atoms with van der Waals surface area (Å²) in [6.45, 7) is 1.13. The van der Waals surface area contributed by atoms with Gasteiger partial charge in [-0.2, -0.15) is 0 Å². The van der Waals surface area contributed by atoms with Crippen molar-refractivity contribution in [3.63, 3.8) is 0 Å². The van der Waals surface area contributed by atoms with Crippen molar-refractivity contribution in [1.82, 2.24) is 0 Å². The second-order valence-electron chi connectivity index (χ2n) is 4.88. The first-order valence-electron chi connectivity index (χ1n) is 7.31. The number of anilines is 1. The third kappa shape index (κ3) is 5.11. The summed E-state index contributed by atoms with van der Waals surface area (Å²) < 4.78 is 30.5. The van der Waals surface area contributed by atoms with E-state index in [1.54, 1.807) is 25.1 Å². The molecule has 0 radical (unpaired) electrons. The monoisotopic (exact) mass is 383 g/mol.